The van der Waals surface area contributed by atoms with Crippen LogP contribution in [0.3, 0.4) is 0 Å². The van der Waals surface area contributed by atoms with Gasteiger partial charge in [0.2, 0.25) is 0 Å². The van der Waals surface area contributed by atoms with E-state index >= 15 is 0 Å². The number of rotatable bonds is 3. The van der Waals surface area contributed by atoms with Crippen molar-refractivity contribution in [1.82, 2.24) is 24.3 Å². The number of hydrogen-bond acceptors (Lipinski definition) is 3. The molecule has 2 heterocycles. The van der Waals surface area contributed by atoms with Gasteiger partial charge >= 0.3 is 0 Å². The second-order valence-electron chi connectivity index (χ2n) is 3.14. The first-order chi connectivity index (χ1) is 6.75. The van der Waals surface area contributed by atoms with Gasteiger partial charge in [0.1, 0.15) is 6.33 Å². The molecule has 0 amide bonds. The largest absolute Gasteiger partial charge is 0.340 e. The minimum Gasteiger partial charge on any atom is -0.340 e. The maximum atomic E-state index is 5.03. The Morgan fingerprint density at radius 2 is 2.36 bits per heavy atom. The van der Waals surface area contributed by atoms with Crippen molar-refractivity contribution in [1.29, 1.82) is 0 Å². The van der Waals surface area contributed by atoms with E-state index in [0.717, 1.165) is 18.7 Å². The summed E-state index contributed by atoms with van der Waals surface area (Å²) in [5.41, 5.74) is 1.07. The van der Waals surface area contributed by atoms with E-state index in [-0.39, 0.29) is 0 Å². The van der Waals surface area contributed by atoms with Crippen molar-refractivity contribution in [3.05, 3.63) is 29.3 Å². The molecule has 0 spiro atoms. The number of H-pyrrole nitrogens is 1. The van der Waals surface area contributed by atoms with Gasteiger partial charge in [-0.25, -0.2) is 4.98 Å². The second kappa shape index (κ2) is 3.75. The number of aryl methyl sites for hydroxylation is 3. The molecule has 0 aromatic carbocycles. The second-order valence-corrected chi connectivity index (χ2v) is 3.52. The van der Waals surface area contributed by atoms with Crippen LogP contribution in [0.2, 0.25) is 0 Å². The van der Waals surface area contributed by atoms with Crippen LogP contribution < -0.4 is 0 Å². The molecule has 1 N–H and O–H groups in total. The zero-order valence-corrected chi connectivity index (χ0v) is 8.66. The monoisotopic (exact) mass is 209 g/mol. The third-order valence-corrected chi connectivity index (χ3v) is 2.31. The van der Waals surface area contributed by atoms with Gasteiger partial charge in [-0.2, -0.15) is 5.10 Å². The first-order valence-corrected chi connectivity index (χ1v) is 4.73. The molecule has 74 valence electrons. The summed E-state index contributed by atoms with van der Waals surface area (Å²) in [4.78, 5) is 4.23. The molecule has 2 aromatic rings. The van der Waals surface area contributed by atoms with Gasteiger partial charge in [-0.15, -0.1) is 0 Å². The highest BCUT2D eigenvalue weighted by atomic mass is 32.1. The Morgan fingerprint density at radius 1 is 1.50 bits per heavy atom. The maximum absolute atomic E-state index is 5.03. The third-order valence-electron chi connectivity index (χ3n) is 1.99. The quantitative estimate of drug-likeness (QED) is 0.765. The molecule has 14 heavy (non-hydrogen) atoms. The van der Waals surface area contributed by atoms with Crippen molar-refractivity contribution >= 4 is 12.2 Å². The number of nitrogens with zero attached hydrogens (tertiary/aromatic N) is 4. The van der Waals surface area contributed by atoms with E-state index in [1.807, 2.05) is 22.4 Å². The van der Waals surface area contributed by atoms with Crippen molar-refractivity contribution in [2.24, 2.45) is 7.05 Å². The minimum atomic E-state index is 0.654. The average molecular weight is 209 g/mol. The molecule has 6 heteroatoms. The van der Waals surface area contributed by atoms with Gasteiger partial charge in [0, 0.05) is 26.2 Å². The predicted molar refractivity (Wildman–Crippen MR) is 54.3 cm³/mol. The van der Waals surface area contributed by atoms with Crippen LogP contribution in [0.5, 0.6) is 0 Å². The normalized spacial score (nSPS) is 10.6. The zero-order chi connectivity index (χ0) is 9.97. The molecule has 0 aliphatic carbocycles. The van der Waals surface area contributed by atoms with Crippen LogP contribution in [-0.2, 0) is 20.0 Å². The molecule has 0 aliphatic rings. The topological polar surface area (TPSA) is 51.4 Å². The molecule has 0 unspecified atom stereocenters. The van der Waals surface area contributed by atoms with E-state index in [1.54, 1.807) is 12.7 Å². The Kier molecular flexibility index (Phi) is 2.45. The van der Waals surface area contributed by atoms with Gasteiger partial charge in [-0.3, -0.25) is 5.10 Å². The molecule has 0 saturated heterocycles. The van der Waals surface area contributed by atoms with E-state index in [9.17, 15) is 0 Å². The summed E-state index contributed by atoms with van der Waals surface area (Å²) >= 11 is 5.03. The fourth-order valence-electron chi connectivity index (χ4n) is 1.26. The van der Waals surface area contributed by atoms with Crippen LogP contribution in [0.15, 0.2) is 18.9 Å². The first-order valence-electron chi connectivity index (χ1n) is 4.32. The van der Waals surface area contributed by atoms with E-state index in [2.05, 4.69) is 15.2 Å². The van der Waals surface area contributed by atoms with Crippen molar-refractivity contribution in [3.63, 3.8) is 0 Å². The molecule has 0 bridgehead atoms. The first kappa shape index (κ1) is 9.14. The molecular formula is C8H11N5S. The summed E-state index contributed by atoms with van der Waals surface area (Å²) in [6.45, 7) is 0.812. The highest BCUT2D eigenvalue weighted by Crippen LogP contribution is 1.98. The molecule has 0 fully saturated rings. The Hall–Kier alpha value is -1.43. The molecule has 5 nitrogen and oxygen atoms in total. The number of imidazole rings is 1. The zero-order valence-electron chi connectivity index (χ0n) is 7.84. The standard InChI is InChI=1S/C8H11N5S/c1-12-4-7(9-5-12)2-3-13-6-10-11-8(13)14/h4-6H,2-3H2,1H3,(H,11,14). The van der Waals surface area contributed by atoms with Crippen molar-refractivity contribution in [2.45, 2.75) is 13.0 Å². The van der Waals surface area contributed by atoms with Crippen LogP contribution >= 0.6 is 12.2 Å². The molecule has 0 saturated carbocycles. The lowest BCUT2D eigenvalue weighted by Gasteiger charge is -1.97. The van der Waals surface area contributed by atoms with Gasteiger partial charge < -0.3 is 9.13 Å². The fraction of sp³-hybridized carbons (Fsp3) is 0.375. The SMILES string of the molecule is Cn1cnc(CCn2cn[nH]c2=S)c1. The van der Waals surface area contributed by atoms with Gasteiger partial charge in [0.15, 0.2) is 4.77 Å². The van der Waals surface area contributed by atoms with E-state index in [0.29, 0.717) is 4.77 Å². The number of aromatic nitrogens is 5. The molecule has 0 atom stereocenters. The Balaban J connectivity index is 2.01. The fourth-order valence-corrected chi connectivity index (χ4v) is 1.45. The smallest absolute Gasteiger partial charge is 0.194 e. The van der Waals surface area contributed by atoms with Crippen molar-refractivity contribution in [2.75, 3.05) is 0 Å². The summed E-state index contributed by atoms with van der Waals surface area (Å²) in [6.07, 6.45) is 6.37. The molecular weight excluding hydrogens is 198 g/mol. The minimum absolute atomic E-state index is 0.654. The van der Waals surface area contributed by atoms with Crippen molar-refractivity contribution < 1.29 is 0 Å². The van der Waals surface area contributed by atoms with Crippen molar-refractivity contribution in [3.8, 4) is 0 Å². The number of nitrogens with one attached hydrogen (secondary N) is 1. The molecule has 2 aromatic heterocycles. The summed E-state index contributed by atoms with van der Waals surface area (Å²) in [5.74, 6) is 0. The molecule has 0 aliphatic heterocycles. The van der Waals surface area contributed by atoms with Gasteiger partial charge in [-0.05, 0) is 12.2 Å². The Bertz CT molecular complexity index is 466. The Morgan fingerprint density at radius 3 is 2.93 bits per heavy atom. The van der Waals surface area contributed by atoms with Gasteiger partial charge in [0.05, 0.1) is 12.0 Å². The molecule has 0 radical (unpaired) electrons. The highest BCUT2D eigenvalue weighted by molar-refractivity contribution is 7.71. The summed E-state index contributed by atoms with van der Waals surface area (Å²) < 4.78 is 4.48. The average Bonchev–Trinajstić information content (AvgIpc) is 2.72. The predicted octanol–water partition coefficient (Wildman–Crippen LogP) is 0.917. The van der Waals surface area contributed by atoms with Crippen LogP contribution in [0.25, 0.3) is 0 Å². The lowest BCUT2D eigenvalue weighted by Crippen LogP contribution is -2.00. The van der Waals surface area contributed by atoms with Gasteiger partial charge in [0.25, 0.3) is 0 Å². The van der Waals surface area contributed by atoms with Crippen LogP contribution in [0, 0.1) is 4.77 Å². The van der Waals surface area contributed by atoms with E-state index in [1.165, 1.54) is 0 Å². The number of hydrogen-bond donors (Lipinski definition) is 1. The maximum Gasteiger partial charge on any atom is 0.194 e. The molecule has 2 rings (SSSR count). The lowest BCUT2D eigenvalue weighted by atomic mass is 10.3. The van der Waals surface area contributed by atoms with E-state index in [4.69, 9.17) is 12.2 Å². The van der Waals surface area contributed by atoms with Gasteiger partial charge in [-0.1, -0.05) is 0 Å². The van der Waals surface area contributed by atoms with E-state index < -0.39 is 0 Å². The third kappa shape index (κ3) is 1.90. The Labute approximate surface area is 86.4 Å². The van der Waals surface area contributed by atoms with Crippen LogP contribution in [0.1, 0.15) is 5.69 Å². The number of aromatic amines is 1. The summed E-state index contributed by atoms with van der Waals surface area (Å²) in [7, 11) is 1.96. The summed E-state index contributed by atoms with van der Waals surface area (Å²) in [5, 5.41) is 6.56. The van der Waals surface area contributed by atoms with Crippen LogP contribution in [-0.4, -0.2) is 24.3 Å². The highest BCUT2D eigenvalue weighted by Gasteiger charge is 1.98. The van der Waals surface area contributed by atoms with Crippen LogP contribution in [0.4, 0.5) is 0 Å². The lowest BCUT2D eigenvalue weighted by molar-refractivity contribution is 0.676. The summed E-state index contributed by atoms with van der Waals surface area (Å²) in [6, 6.07) is 0.